The van der Waals surface area contributed by atoms with Crippen LogP contribution in [0.25, 0.3) is 0 Å². The molecule has 7 nitrogen and oxygen atoms in total. The first-order valence-corrected chi connectivity index (χ1v) is 3.97. The summed E-state index contributed by atoms with van der Waals surface area (Å²) < 4.78 is 0. The van der Waals surface area contributed by atoms with Gasteiger partial charge in [0.2, 0.25) is 0 Å². The Kier molecular flexibility index (Phi) is 4.48. The van der Waals surface area contributed by atoms with E-state index >= 15 is 0 Å². The molecule has 0 aliphatic heterocycles. The summed E-state index contributed by atoms with van der Waals surface area (Å²) in [6, 6.07) is -1.19. The van der Waals surface area contributed by atoms with Gasteiger partial charge in [0.05, 0.1) is 0 Å². The summed E-state index contributed by atoms with van der Waals surface area (Å²) in [5.74, 6) is -2.72. The van der Waals surface area contributed by atoms with Gasteiger partial charge in [0.25, 0.3) is 0 Å². The van der Waals surface area contributed by atoms with E-state index in [1.165, 1.54) is 0 Å². The minimum absolute atomic E-state index is 0.144. The zero-order valence-electron chi connectivity index (χ0n) is 7.51. The standard InChI is InChI=1S/C7H14N2O5/c8-3-7(14,6(12)13)2-1-4(9)5(10)11/h4,14H,1-3,8-9H2,(H,10,11)(H,12,13). The number of hydrogen-bond acceptors (Lipinski definition) is 5. The molecular formula is C7H14N2O5. The summed E-state index contributed by atoms with van der Waals surface area (Å²) in [6.45, 7) is -0.478. The Hall–Kier alpha value is -1.18. The van der Waals surface area contributed by atoms with Crippen LogP contribution in [0.3, 0.4) is 0 Å². The highest BCUT2D eigenvalue weighted by molar-refractivity contribution is 5.78. The average Bonchev–Trinajstić information content (AvgIpc) is 2.12. The van der Waals surface area contributed by atoms with E-state index in [1.54, 1.807) is 0 Å². The van der Waals surface area contributed by atoms with Gasteiger partial charge in [0, 0.05) is 6.54 Å². The van der Waals surface area contributed by atoms with Crippen molar-refractivity contribution in [3.05, 3.63) is 0 Å². The Labute approximate surface area is 80.3 Å². The van der Waals surface area contributed by atoms with Crippen molar-refractivity contribution in [2.75, 3.05) is 6.54 Å². The number of hydrogen-bond donors (Lipinski definition) is 5. The fourth-order valence-electron chi connectivity index (χ4n) is 0.814. The van der Waals surface area contributed by atoms with E-state index in [9.17, 15) is 14.7 Å². The van der Waals surface area contributed by atoms with Gasteiger partial charge in [-0.3, -0.25) is 4.79 Å². The normalized spacial score (nSPS) is 17.1. The van der Waals surface area contributed by atoms with Gasteiger partial charge in [-0.25, -0.2) is 4.79 Å². The van der Waals surface area contributed by atoms with Crippen molar-refractivity contribution >= 4 is 11.9 Å². The Morgan fingerprint density at radius 2 is 1.86 bits per heavy atom. The molecule has 14 heavy (non-hydrogen) atoms. The molecule has 7 heteroatoms. The van der Waals surface area contributed by atoms with Crippen molar-refractivity contribution in [2.45, 2.75) is 24.5 Å². The third-order valence-corrected chi connectivity index (χ3v) is 1.92. The van der Waals surface area contributed by atoms with E-state index in [0.29, 0.717) is 0 Å². The van der Waals surface area contributed by atoms with E-state index in [-0.39, 0.29) is 12.8 Å². The molecule has 0 spiro atoms. The molecule has 0 fully saturated rings. The highest BCUT2D eigenvalue weighted by Crippen LogP contribution is 2.12. The third-order valence-electron chi connectivity index (χ3n) is 1.92. The summed E-state index contributed by atoms with van der Waals surface area (Å²) in [7, 11) is 0. The molecule has 0 bridgehead atoms. The lowest BCUT2D eigenvalue weighted by molar-refractivity contribution is -0.158. The van der Waals surface area contributed by atoms with Gasteiger partial charge in [-0.1, -0.05) is 0 Å². The van der Waals surface area contributed by atoms with Crippen LogP contribution in [-0.4, -0.2) is 45.4 Å². The Balaban J connectivity index is 4.21. The number of carboxylic acids is 2. The lowest BCUT2D eigenvalue weighted by Gasteiger charge is -2.21. The van der Waals surface area contributed by atoms with Crippen molar-refractivity contribution in [3.8, 4) is 0 Å². The Morgan fingerprint density at radius 1 is 1.36 bits per heavy atom. The first kappa shape index (κ1) is 12.8. The first-order chi connectivity index (χ1) is 6.33. The third kappa shape index (κ3) is 3.29. The summed E-state index contributed by atoms with van der Waals surface area (Å²) in [5.41, 5.74) is 8.10. The number of carboxylic acid groups (broad SMARTS) is 2. The first-order valence-electron chi connectivity index (χ1n) is 3.97. The SMILES string of the molecule is NCC(O)(CCC(N)C(=O)O)C(=O)O. The number of aliphatic carboxylic acids is 2. The molecule has 0 aromatic heterocycles. The maximum atomic E-state index is 10.5. The van der Waals surface area contributed by atoms with Gasteiger partial charge in [0.1, 0.15) is 6.04 Å². The number of carbonyl (C=O) groups is 2. The van der Waals surface area contributed by atoms with E-state index in [4.69, 9.17) is 21.7 Å². The maximum Gasteiger partial charge on any atom is 0.337 e. The second-order valence-electron chi connectivity index (χ2n) is 3.02. The molecule has 0 saturated heterocycles. The second-order valence-corrected chi connectivity index (χ2v) is 3.02. The van der Waals surface area contributed by atoms with Crippen LogP contribution in [0.5, 0.6) is 0 Å². The molecule has 0 saturated carbocycles. The van der Waals surface area contributed by atoms with E-state index in [1.807, 2.05) is 0 Å². The van der Waals surface area contributed by atoms with Crippen molar-refractivity contribution in [1.29, 1.82) is 0 Å². The van der Waals surface area contributed by atoms with Crippen LogP contribution in [0.1, 0.15) is 12.8 Å². The van der Waals surface area contributed by atoms with Crippen LogP contribution in [0.15, 0.2) is 0 Å². The zero-order valence-corrected chi connectivity index (χ0v) is 7.51. The largest absolute Gasteiger partial charge is 0.480 e. The van der Waals surface area contributed by atoms with Gasteiger partial charge >= 0.3 is 11.9 Å². The number of aliphatic hydroxyl groups is 1. The van der Waals surface area contributed by atoms with Crippen molar-refractivity contribution < 1.29 is 24.9 Å². The highest BCUT2D eigenvalue weighted by atomic mass is 16.4. The molecular weight excluding hydrogens is 192 g/mol. The molecule has 0 aliphatic carbocycles. The molecule has 82 valence electrons. The minimum Gasteiger partial charge on any atom is -0.480 e. The monoisotopic (exact) mass is 206 g/mol. The molecule has 0 rings (SSSR count). The topological polar surface area (TPSA) is 147 Å². The minimum atomic E-state index is -2.09. The van der Waals surface area contributed by atoms with E-state index in [0.717, 1.165) is 0 Å². The quantitative estimate of drug-likeness (QED) is 0.336. The van der Waals surface area contributed by atoms with Gasteiger partial charge in [-0.05, 0) is 12.8 Å². The predicted octanol–water partition coefficient (Wildman–Crippen LogP) is -2.05. The van der Waals surface area contributed by atoms with E-state index in [2.05, 4.69) is 0 Å². The molecule has 0 amide bonds. The summed E-state index contributed by atoms with van der Waals surface area (Å²) in [5, 5.41) is 26.3. The summed E-state index contributed by atoms with van der Waals surface area (Å²) in [6.07, 6.45) is -0.429. The fourth-order valence-corrected chi connectivity index (χ4v) is 0.814. The highest BCUT2D eigenvalue weighted by Gasteiger charge is 2.35. The van der Waals surface area contributed by atoms with Crippen LogP contribution in [-0.2, 0) is 9.59 Å². The number of nitrogens with two attached hydrogens (primary N) is 2. The lowest BCUT2D eigenvalue weighted by atomic mass is 9.95. The molecule has 0 radical (unpaired) electrons. The van der Waals surface area contributed by atoms with E-state index < -0.39 is 30.1 Å². The summed E-state index contributed by atoms with van der Waals surface area (Å²) >= 11 is 0. The molecule has 0 heterocycles. The fraction of sp³-hybridized carbons (Fsp3) is 0.714. The molecule has 0 aliphatic rings. The van der Waals surface area contributed by atoms with Crippen molar-refractivity contribution in [2.24, 2.45) is 11.5 Å². The summed E-state index contributed by atoms with van der Waals surface area (Å²) in [4.78, 5) is 20.8. The Bertz CT molecular complexity index is 232. The molecule has 2 atom stereocenters. The molecule has 0 aromatic carbocycles. The van der Waals surface area contributed by atoms with Crippen LogP contribution in [0, 0.1) is 0 Å². The number of rotatable bonds is 6. The average molecular weight is 206 g/mol. The van der Waals surface area contributed by atoms with Gasteiger partial charge in [-0.15, -0.1) is 0 Å². The van der Waals surface area contributed by atoms with Crippen molar-refractivity contribution in [3.63, 3.8) is 0 Å². The molecule has 0 aromatic rings. The maximum absolute atomic E-state index is 10.5. The van der Waals surface area contributed by atoms with Gasteiger partial charge in [-0.2, -0.15) is 0 Å². The predicted molar refractivity (Wildman–Crippen MR) is 46.5 cm³/mol. The Morgan fingerprint density at radius 3 is 2.14 bits per heavy atom. The van der Waals surface area contributed by atoms with Gasteiger partial charge in [0.15, 0.2) is 5.60 Å². The molecule has 7 N–H and O–H groups in total. The smallest absolute Gasteiger partial charge is 0.337 e. The second kappa shape index (κ2) is 4.89. The van der Waals surface area contributed by atoms with Crippen molar-refractivity contribution in [1.82, 2.24) is 0 Å². The van der Waals surface area contributed by atoms with Crippen LogP contribution >= 0.6 is 0 Å². The van der Waals surface area contributed by atoms with Gasteiger partial charge < -0.3 is 26.8 Å². The zero-order chi connectivity index (χ0) is 11.4. The van der Waals surface area contributed by atoms with Crippen LogP contribution in [0.4, 0.5) is 0 Å². The molecule has 2 unspecified atom stereocenters. The van der Waals surface area contributed by atoms with Crippen LogP contribution in [0.2, 0.25) is 0 Å². The van der Waals surface area contributed by atoms with Crippen LogP contribution < -0.4 is 11.5 Å². The lowest BCUT2D eigenvalue weighted by Crippen LogP contribution is -2.47.